The van der Waals surface area contributed by atoms with E-state index in [1.54, 1.807) is 0 Å². The topological polar surface area (TPSA) is 70.2 Å². The Labute approximate surface area is 109 Å². The molecule has 0 unspecified atom stereocenters. The van der Waals surface area contributed by atoms with E-state index >= 15 is 0 Å². The Morgan fingerprint density at radius 2 is 2.00 bits per heavy atom. The fourth-order valence-electron chi connectivity index (χ4n) is 1.98. The normalized spacial score (nSPS) is 20.3. The first kappa shape index (κ1) is 15.0. The summed E-state index contributed by atoms with van der Waals surface area (Å²) >= 11 is 0. The van der Waals surface area contributed by atoms with E-state index in [0.717, 1.165) is 25.8 Å². The molecule has 1 heterocycles. The zero-order valence-corrected chi connectivity index (χ0v) is 11.6. The number of piperidine rings is 1. The molecule has 0 spiro atoms. The first-order valence-electron chi connectivity index (χ1n) is 6.70. The van der Waals surface area contributed by atoms with Crippen LogP contribution in [0, 0.1) is 0 Å². The number of hydrogen-bond acceptors (Lipinski definition) is 3. The van der Waals surface area contributed by atoms with Crippen LogP contribution in [0.3, 0.4) is 0 Å². The van der Waals surface area contributed by atoms with Gasteiger partial charge < -0.3 is 16.0 Å². The van der Waals surface area contributed by atoms with Crippen molar-refractivity contribution in [2.24, 2.45) is 0 Å². The highest BCUT2D eigenvalue weighted by atomic mass is 16.2. The molecule has 1 saturated heterocycles. The summed E-state index contributed by atoms with van der Waals surface area (Å²) in [6, 6.07) is -0.0792. The number of carbonyl (C=O) groups excluding carboxylic acids is 2. The van der Waals surface area contributed by atoms with Crippen LogP contribution in [0.1, 0.15) is 46.5 Å². The van der Waals surface area contributed by atoms with Gasteiger partial charge in [-0.3, -0.25) is 9.59 Å². The summed E-state index contributed by atoms with van der Waals surface area (Å²) in [4.78, 5) is 23.3. The van der Waals surface area contributed by atoms with Gasteiger partial charge in [-0.25, -0.2) is 0 Å². The van der Waals surface area contributed by atoms with Crippen molar-refractivity contribution in [2.45, 2.75) is 58.0 Å². The van der Waals surface area contributed by atoms with E-state index < -0.39 is 0 Å². The van der Waals surface area contributed by atoms with Gasteiger partial charge in [0.05, 0.1) is 6.04 Å². The van der Waals surface area contributed by atoms with Crippen LogP contribution in [0.2, 0.25) is 0 Å². The van der Waals surface area contributed by atoms with Crippen molar-refractivity contribution >= 4 is 11.8 Å². The minimum atomic E-state index is -0.216. The highest BCUT2D eigenvalue weighted by Gasteiger charge is 2.20. The first-order chi connectivity index (χ1) is 8.38. The maximum atomic E-state index is 11.8. The molecule has 0 aromatic rings. The molecule has 1 aliphatic heterocycles. The minimum absolute atomic E-state index is 0.0123. The Hall–Kier alpha value is -1.10. The van der Waals surface area contributed by atoms with E-state index in [9.17, 15) is 9.59 Å². The zero-order chi connectivity index (χ0) is 13.6. The van der Waals surface area contributed by atoms with Gasteiger partial charge in [0.1, 0.15) is 0 Å². The molecule has 0 saturated carbocycles. The van der Waals surface area contributed by atoms with Crippen LogP contribution in [0.15, 0.2) is 0 Å². The van der Waals surface area contributed by atoms with Crippen LogP contribution in [-0.2, 0) is 9.59 Å². The van der Waals surface area contributed by atoms with Crippen LogP contribution < -0.4 is 16.0 Å². The molecule has 1 aliphatic rings. The third-order valence-corrected chi connectivity index (χ3v) is 2.79. The Balaban J connectivity index is 2.17. The molecule has 3 N–H and O–H groups in total. The van der Waals surface area contributed by atoms with Crippen LogP contribution in [0.5, 0.6) is 0 Å². The van der Waals surface area contributed by atoms with Gasteiger partial charge in [0.25, 0.3) is 0 Å². The number of nitrogens with one attached hydrogen (secondary N) is 3. The summed E-state index contributed by atoms with van der Waals surface area (Å²) in [5.74, 6) is -0.0161. The second-order valence-corrected chi connectivity index (χ2v) is 5.84. The third-order valence-electron chi connectivity index (χ3n) is 2.79. The number of carbonyl (C=O) groups is 2. The summed E-state index contributed by atoms with van der Waals surface area (Å²) in [5.41, 5.74) is -0.216. The molecule has 0 bridgehead atoms. The standard InChI is InChI=1S/C13H25N3O2/c1-13(2,3)16-11(17)7-9-15-12(18)10-6-4-5-8-14-10/h10,14H,4-9H2,1-3H3,(H,15,18)(H,16,17)/t10-/m0/s1. The molecule has 18 heavy (non-hydrogen) atoms. The van der Waals surface area contributed by atoms with Crippen molar-refractivity contribution in [3.8, 4) is 0 Å². The Morgan fingerprint density at radius 1 is 1.28 bits per heavy atom. The average molecular weight is 255 g/mol. The maximum Gasteiger partial charge on any atom is 0.237 e. The Kier molecular flexibility index (Phi) is 5.59. The lowest BCUT2D eigenvalue weighted by atomic mass is 10.0. The number of hydrogen-bond donors (Lipinski definition) is 3. The maximum absolute atomic E-state index is 11.8. The van der Waals surface area contributed by atoms with Crippen LogP contribution in [0.4, 0.5) is 0 Å². The monoisotopic (exact) mass is 255 g/mol. The smallest absolute Gasteiger partial charge is 0.237 e. The molecule has 2 amide bonds. The van der Waals surface area contributed by atoms with E-state index in [-0.39, 0.29) is 23.4 Å². The van der Waals surface area contributed by atoms with Crippen molar-refractivity contribution in [3.63, 3.8) is 0 Å². The summed E-state index contributed by atoms with van der Waals surface area (Å²) in [6.45, 7) is 7.13. The molecule has 0 aromatic carbocycles. The lowest BCUT2D eigenvalue weighted by Crippen LogP contribution is -2.47. The summed E-state index contributed by atoms with van der Waals surface area (Å²) < 4.78 is 0. The lowest BCUT2D eigenvalue weighted by Gasteiger charge is -2.23. The fourth-order valence-corrected chi connectivity index (χ4v) is 1.98. The fraction of sp³-hybridized carbons (Fsp3) is 0.846. The predicted molar refractivity (Wildman–Crippen MR) is 71.2 cm³/mol. The molecule has 1 fully saturated rings. The SMILES string of the molecule is CC(C)(C)NC(=O)CCNC(=O)[C@@H]1CCCCN1. The molecule has 1 rings (SSSR count). The third kappa shape index (κ3) is 6.00. The van der Waals surface area contributed by atoms with Gasteiger partial charge >= 0.3 is 0 Å². The minimum Gasteiger partial charge on any atom is -0.354 e. The second kappa shape index (κ2) is 6.73. The van der Waals surface area contributed by atoms with Crippen molar-refractivity contribution in [1.82, 2.24) is 16.0 Å². The van der Waals surface area contributed by atoms with Crippen molar-refractivity contribution in [2.75, 3.05) is 13.1 Å². The molecule has 5 nitrogen and oxygen atoms in total. The molecular weight excluding hydrogens is 230 g/mol. The molecule has 0 aliphatic carbocycles. The molecule has 5 heteroatoms. The Morgan fingerprint density at radius 3 is 2.56 bits per heavy atom. The quantitative estimate of drug-likeness (QED) is 0.687. The highest BCUT2D eigenvalue weighted by molar-refractivity contribution is 5.83. The molecule has 0 radical (unpaired) electrons. The van der Waals surface area contributed by atoms with Gasteiger partial charge in [0.2, 0.25) is 11.8 Å². The highest BCUT2D eigenvalue weighted by Crippen LogP contribution is 2.06. The average Bonchev–Trinajstić information content (AvgIpc) is 2.27. The van der Waals surface area contributed by atoms with E-state index in [1.165, 1.54) is 0 Å². The predicted octanol–water partition coefficient (Wildman–Crippen LogP) is 0.550. The molecule has 104 valence electrons. The van der Waals surface area contributed by atoms with E-state index in [1.807, 2.05) is 20.8 Å². The van der Waals surface area contributed by atoms with Crippen molar-refractivity contribution in [3.05, 3.63) is 0 Å². The second-order valence-electron chi connectivity index (χ2n) is 5.84. The van der Waals surface area contributed by atoms with E-state index in [0.29, 0.717) is 13.0 Å². The van der Waals surface area contributed by atoms with Crippen LogP contribution in [0.25, 0.3) is 0 Å². The van der Waals surface area contributed by atoms with Crippen LogP contribution >= 0.6 is 0 Å². The van der Waals surface area contributed by atoms with E-state index in [4.69, 9.17) is 0 Å². The summed E-state index contributed by atoms with van der Waals surface area (Å²) in [7, 11) is 0. The zero-order valence-electron chi connectivity index (χ0n) is 11.6. The largest absolute Gasteiger partial charge is 0.354 e. The van der Waals surface area contributed by atoms with Gasteiger partial charge in [0, 0.05) is 18.5 Å². The molecule has 0 aromatic heterocycles. The van der Waals surface area contributed by atoms with E-state index in [2.05, 4.69) is 16.0 Å². The summed E-state index contributed by atoms with van der Waals surface area (Å²) in [5, 5.41) is 8.86. The van der Waals surface area contributed by atoms with Crippen molar-refractivity contribution < 1.29 is 9.59 Å². The van der Waals surface area contributed by atoms with Gasteiger partial charge in [-0.2, -0.15) is 0 Å². The first-order valence-corrected chi connectivity index (χ1v) is 6.70. The van der Waals surface area contributed by atoms with Gasteiger partial charge in [0.15, 0.2) is 0 Å². The molecule has 1 atom stereocenters. The number of amides is 2. The molecular formula is C13H25N3O2. The lowest BCUT2D eigenvalue weighted by molar-refractivity contribution is -0.124. The van der Waals surface area contributed by atoms with Crippen molar-refractivity contribution in [1.29, 1.82) is 0 Å². The van der Waals surface area contributed by atoms with Crippen LogP contribution in [-0.4, -0.2) is 36.5 Å². The van der Waals surface area contributed by atoms with Gasteiger partial charge in [-0.05, 0) is 40.2 Å². The van der Waals surface area contributed by atoms with Gasteiger partial charge in [-0.15, -0.1) is 0 Å². The summed E-state index contributed by atoms with van der Waals surface area (Å²) in [6.07, 6.45) is 3.45. The number of rotatable bonds is 4. The Bertz CT molecular complexity index is 291. The van der Waals surface area contributed by atoms with Gasteiger partial charge in [-0.1, -0.05) is 6.42 Å².